The van der Waals surface area contributed by atoms with Crippen molar-refractivity contribution in [1.82, 2.24) is 0 Å². The number of nitrogens with one attached hydrogen (secondary N) is 1. The summed E-state index contributed by atoms with van der Waals surface area (Å²) in [4.78, 5) is 14.8. The van der Waals surface area contributed by atoms with Crippen LogP contribution < -0.4 is 10.2 Å². The van der Waals surface area contributed by atoms with E-state index in [0.29, 0.717) is 5.76 Å². The van der Waals surface area contributed by atoms with E-state index in [-0.39, 0.29) is 18.0 Å². The third-order valence-electron chi connectivity index (χ3n) is 4.87. The molecular weight excluding hydrogens is 336 g/mol. The molecule has 4 nitrogen and oxygen atoms in total. The van der Waals surface area contributed by atoms with E-state index in [9.17, 15) is 4.79 Å². The molecule has 0 fully saturated rings. The Labute approximate surface area is 159 Å². The number of hydrogen-bond acceptors (Lipinski definition) is 3. The zero-order valence-corrected chi connectivity index (χ0v) is 15.2. The standard InChI is InChI=1S/C23H22N2O2/c1-17-16-21(24-18-8-3-2-4-9-18)20-11-5-6-12-22(20)25(17)23(26)14-13-19-10-7-15-27-19/h2-15,17,21,24H,16H2,1H3/b14-13+/t17-,21+/m0/s1. The second-order valence-electron chi connectivity index (χ2n) is 6.76. The van der Waals surface area contributed by atoms with Gasteiger partial charge in [0.25, 0.3) is 5.91 Å². The number of anilines is 2. The van der Waals surface area contributed by atoms with Crippen molar-refractivity contribution in [3.63, 3.8) is 0 Å². The van der Waals surface area contributed by atoms with Crippen LogP contribution in [-0.4, -0.2) is 11.9 Å². The van der Waals surface area contributed by atoms with Crippen LogP contribution in [0.25, 0.3) is 6.08 Å². The number of rotatable bonds is 4. The predicted molar refractivity (Wildman–Crippen MR) is 109 cm³/mol. The molecule has 1 aliphatic heterocycles. The van der Waals surface area contributed by atoms with Crippen molar-refractivity contribution in [2.24, 2.45) is 0 Å². The summed E-state index contributed by atoms with van der Waals surface area (Å²) in [6.45, 7) is 2.09. The van der Waals surface area contributed by atoms with Crippen molar-refractivity contribution in [1.29, 1.82) is 0 Å². The number of carbonyl (C=O) groups excluding carboxylic acids is 1. The molecule has 27 heavy (non-hydrogen) atoms. The van der Waals surface area contributed by atoms with Crippen molar-refractivity contribution in [3.05, 3.63) is 90.4 Å². The van der Waals surface area contributed by atoms with E-state index in [1.54, 1.807) is 18.4 Å². The Kier molecular flexibility index (Phi) is 4.79. The van der Waals surface area contributed by atoms with Gasteiger partial charge in [-0.1, -0.05) is 36.4 Å². The van der Waals surface area contributed by atoms with E-state index >= 15 is 0 Å². The third-order valence-corrected chi connectivity index (χ3v) is 4.87. The van der Waals surface area contributed by atoms with Crippen LogP contribution in [0.5, 0.6) is 0 Å². The highest BCUT2D eigenvalue weighted by Gasteiger charge is 2.32. The van der Waals surface area contributed by atoms with Gasteiger partial charge in [0.15, 0.2) is 0 Å². The van der Waals surface area contributed by atoms with Crippen LogP contribution in [0.1, 0.15) is 30.7 Å². The lowest BCUT2D eigenvalue weighted by molar-refractivity contribution is -0.114. The number of benzene rings is 2. The van der Waals surface area contributed by atoms with Gasteiger partial charge in [0.05, 0.1) is 12.3 Å². The summed E-state index contributed by atoms with van der Waals surface area (Å²) in [6.07, 6.45) is 5.73. The molecule has 0 saturated carbocycles. The molecule has 0 aliphatic carbocycles. The minimum Gasteiger partial charge on any atom is -0.465 e. The average molecular weight is 358 g/mol. The SMILES string of the molecule is C[C@H]1C[C@@H](Nc2ccccc2)c2ccccc2N1C(=O)/C=C/c1ccco1. The second-order valence-corrected chi connectivity index (χ2v) is 6.76. The Morgan fingerprint density at radius 2 is 1.85 bits per heavy atom. The Morgan fingerprint density at radius 1 is 1.07 bits per heavy atom. The van der Waals surface area contributed by atoms with E-state index in [0.717, 1.165) is 23.4 Å². The molecule has 136 valence electrons. The summed E-state index contributed by atoms with van der Waals surface area (Å²) in [7, 11) is 0. The molecule has 0 saturated heterocycles. The minimum absolute atomic E-state index is 0.0375. The molecule has 4 rings (SSSR count). The van der Waals surface area contributed by atoms with Crippen LogP contribution in [0.3, 0.4) is 0 Å². The van der Waals surface area contributed by atoms with Crippen LogP contribution >= 0.6 is 0 Å². The summed E-state index contributed by atoms with van der Waals surface area (Å²) < 4.78 is 5.28. The molecule has 0 radical (unpaired) electrons. The van der Waals surface area contributed by atoms with Crippen molar-refractivity contribution < 1.29 is 9.21 Å². The molecule has 0 spiro atoms. The van der Waals surface area contributed by atoms with Gasteiger partial charge >= 0.3 is 0 Å². The number of amides is 1. The van der Waals surface area contributed by atoms with E-state index in [4.69, 9.17) is 4.42 Å². The van der Waals surface area contributed by atoms with Crippen molar-refractivity contribution in [2.45, 2.75) is 25.4 Å². The molecule has 0 bridgehead atoms. The largest absolute Gasteiger partial charge is 0.465 e. The van der Waals surface area contributed by atoms with Gasteiger partial charge in [0.1, 0.15) is 5.76 Å². The van der Waals surface area contributed by atoms with Gasteiger partial charge in [-0.15, -0.1) is 0 Å². The number of nitrogens with zero attached hydrogens (tertiary/aromatic N) is 1. The fourth-order valence-corrected chi connectivity index (χ4v) is 3.64. The van der Waals surface area contributed by atoms with Gasteiger partial charge in [-0.05, 0) is 55.3 Å². The van der Waals surface area contributed by atoms with Crippen LogP contribution in [0.15, 0.2) is 83.5 Å². The molecule has 1 amide bonds. The monoisotopic (exact) mass is 358 g/mol. The summed E-state index contributed by atoms with van der Waals surface area (Å²) >= 11 is 0. The first kappa shape index (κ1) is 17.2. The highest BCUT2D eigenvalue weighted by molar-refractivity contribution is 6.05. The average Bonchev–Trinajstić information content (AvgIpc) is 3.21. The first-order valence-corrected chi connectivity index (χ1v) is 9.17. The molecule has 1 N–H and O–H groups in total. The highest BCUT2D eigenvalue weighted by Crippen LogP contribution is 2.39. The smallest absolute Gasteiger partial charge is 0.251 e. The minimum atomic E-state index is -0.0375. The number of hydrogen-bond donors (Lipinski definition) is 1. The summed E-state index contributed by atoms with van der Waals surface area (Å²) in [5.41, 5.74) is 3.18. The maximum absolute atomic E-state index is 12.9. The van der Waals surface area contributed by atoms with Gasteiger partial charge < -0.3 is 14.6 Å². The molecule has 4 heteroatoms. The van der Waals surface area contributed by atoms with Crippen LogP contribution in [-0.2, 0) is 4.79 Å². The predicted octanol–water partition coefficient (Wildman–Crippen LogP) is 5.27. The fourth-order valence-electron chi connectivity index (χ4n) is 3.64. The molecule has 2 heterocycles. The third kappa shape index (κ3) is 3.65. The molecule has 3 aromatic rings. The summed E-state index contributed by atoms with van der Waals surface area (Å²) in [5, 5.41) is 3.61. The van der Waals surface area contributed by atoms with Crippen molar-refractivity contribution >= 4 is 23.4 Å². The topological polar surface area (TPSA) is 45.5 Å². The maximum atomic E-state index is 12.9. The normalized spacial score (nSPS) is 19.1. The number of furan rings is 1. The number of carbonyl (C=O) groups is 1. The molecular formula is C23H22N2O2. The van der Waals surface area contributed by atoms with E-state index in [1.807, 2.05) is 53.4 Å². The summed E-state index contributed by atoms with van der Waals surface area (Å²) in [5.74, 6) is 0.634. The first-order chi connectivity index (χ1) is 13.2. The zero-order chi connectivity index (χ0) is 18.6. The molecule has 0 unspecified atom stereocenters. The Morgan fingerprint density at radius 3 is 2.63 bits per heavy atom. The zero-order valence-electron chi connectivity index (χ0n) is 15.2. The maximum Gasteiger partial charge on any atom is 0.251 e. The quantitative estimate of drug-likeness (QED) is 0.646. The molecule has 2 atom stereocenters. The van der Waals surface area contributed by atoms with Gasteiger partial charge in [-0.2, -0.15) is 0 Å². The van der Waals surface area contributed by atoms with Crippen LogP contribution in [0.4, 0.5) is 11.4 Å². The number of fused-ring (bicyclic) bond motifs is 1. The van der Waals surface area contributed by atoms with Gasteiger partial charge in [-0.25, -0.2) is 0 Å². The molecule has 1 aromatic heterocycles. The van der Waals surface area contributed by atoms with E-state index < -0.39 is 0 Å². The lowest BCUT2D eigenvalue weighted by Gasteiger charge is -2.39. The lowest BCUT2D eigenvalue weighted by atomic mass is 9.91. The van der Waals surface area contributed by atoms with Crippen LogP contribution in [0, 0.1) is 0 Å². The van der Waals surface area contributed by atoms with E-state index in [2.05, 4.69) is 30.4 Å². The fraction of sp³-hybridized carbons (Fsp3) is 0.174. The second kappa shape index (κ2) is 7.54. The lowest BCUT2D eigenvalue weighted by Crippen LogP contribution is -2.43. The molecule has 1 aliphatic rings. The highest BCUT2D eigenvalue weighted by atomic mass is 16.3. The van der Waals surface area contributed by atoms with Gasteiger partial charge in [0.2, 0.25) is 0 Å². The van der Waals surface area contributed by atoms with Gasteiger partial charge in [0, 0.05) is 23.5 Å². The Balaban J connectivity index is 1.61. The Hall–Kier alpha value is -3.27. The number of para-hydroxylation sites is 2. The summed E-state index contributed by atoms with van der Waals surface area (Å²) in [6, 6.07) is 22.2. The van der Waals surface area contributed by atoms with Gasteiger partial charge in [-0.3, -0.25) is 4.79 Å². The van der Waals surface area contributed by atoms with Crippen molar-refractivity contribution in [2.75, 3.05) is 10.2 Å². The Bertz CT molecular complexity index is 932. The van der Waals surface area contributed by atoms with Crippen molar-refractivity contribution in [3.8, 4) is 0 Å². The molecule has 2 aromatic carbocycles. The first-order valence-electron chi connectivity index (χ1n) is 9.17. The van der Waals surface area contributed by atoms with Crippen LogP contribution in [0.2, 0.25) is 0 Å². The van der Waals surface area contributed by atoms with E-state index in [1.165, 1.54) is 0 Å².